The smallest absolute Gasteiger partial charge is 0.264 e. The molecule has 0 spiro atoms. The topological polar surface area (TPSA) is 88.1 Å². The zero-order chi connectivity index (χ0) is 17.7. The van der Waals surface area contributed by atoms with Crippen LogP contribution in [0.3, 0.4) is 0 Å². The highest BCUT2D eigenvalue weighted by Gasteiger charge is 2.36. The van der Waals surface area contributed by atoms with Gasteiger partial charge >= 0.3 is 0 Å². The Morgan fingerprint density at radius 1 is 1.42 bits per heavy atom. The molecule has 0 saturated carbocycles. The number of anilines is 1. The number of H-pyrrole nitrogens is 1. The third-order valence-electron chi connectivity index (χ3n) is 4.83. The fourth-order valence-electron chi connectivity index (χ4n) is 3.56. The number of aryl methyl sites for hydroxylation is 1. The third kappa shape index (κ3) is 2.38. The van der Waals surface area contributed by atoms with Crippen molar-refractivity contribution in [2.75, 3.05) is 24.6 Å². The fourth-order valence-corrected chi connectivity index (χ4v) is 4.72. The minimum atomic E-state index is -0.0520. The van der Waals surface area contributed by atoms with E-state index >= 15 is 0 Å². The van der Waals surface area contributed by atoms with Crippen LogP contribution in [0.25, 0.3) is 10.4 Å². The molecule has 2 aliphatic heterocycles. The molecule has 3 aromatic rings. The summed E-state index contributed by atoms with van der Waals surface area (Å²) in [4.78, 5) is 16.8. The largest absolute Gasteiger partial charge is 0.488 e. The van der Waals surface area contributed by atoms with Crippen LogP contribution >= 0.6 is 11.3 Å². The van der Waals surface area contributed by atoms with Gasteiger partial charge in [0.2, 0.25) is 0 Å². The van der Waals surface area contributed by atoms with Crippen molar-refractivity contribution in [3.05, 3.63) is 35.2 Å². The number of nitrogens with one attached hydrogen (secondary N) is 2. The van der Waals surface area contributed by atoms with Gasteiger partial charge in [-0.05, 0) is 13.0 Å². The monoisotopic (exact) mass is 370 g/mol. The van der Waals surface area contributed by atoms with Gasteiger partial charge in [0.05, 0.1) is 30.2 Å². The summed E-state index contributed by atoms with van der Waals surface area (Å²) in [7, 11) is 0. The van der Waals surface area contributed by atoms with E-state index in [1.165, 1.54) is 11.3 Å². The minimum Gasteiger partial charge on any atom is -0.488 e. The van der Waals surface area contributed by atoms with E-state index in [0.717, 1.165) is 40.7 Å². The van der Waals surface area contributed by atoms with Gasteiger partial charge in [-0.3, -0.25) is 14.6 Å². The molecule has 8 nitrogen and oxygen atoms in total. The van der Waals surface area contributed by atoms with Crippen molar-refractivity contribution in [1.29, 1.82) is 0 Å². The molecule has 0 unspecified atom stereocenters. The molecule has 26 heavy (non-hydrogen) atoms. The van der Waals surface area contributed by atoms with Crippen LogP contribution in [0.2, 0.25) is 0 Å². The second-order valence-corrected chi connectivity index (χ2v) is 7.57. The minimum absolute atomic E-state index is 0.0102. The molecule has 5 heterocycles. The lowest BCUT2D eigenvalue weighted by Crippen LogP contribution is -2.45. The molecule has 2 N–H and O–H groups in total. The quantitative estimate of drug-likeness (QED) is 0.732. The highest BCUT2D eigenvalue weighted by molar-refractivity contribution is 7.18. The fraction of sp³-hybridized carbons (Fsp3) is 0.353. The number of thiophene rings is 1. The van der Waals surface area contributed by atoms with Crippen molar-refractivity contribution >= 4 is 22.9 Å². The zero-order valence-electron chi connectivity index (χ0n) is 14.2. The van der Waals surface area contributed by atoms with Gasteiger partial charge in [0, 0.05) is 30.2 Å². The Balaban J connectivity index is 1.52. The molecule has 0 aliphatic carbocycles. The van der Waals surface area contributed by atoms with Crippen molar-refractivity contribution in [1.82, 2.24) is 25.3 Å². The highest BCUT2D eigenvalue weighted by atomic mass is 32.1. The molecular weight excluding hydrogens is 352 g/mol. The molecule has 0 bridgehead atoms. The lowest BCUT2D eigenvalue weighted by molar-refractivity contribution is 0.0942. The van der Waals surface area contributed by atoms with Gasteiger partial charge < -0.3 is 15.0 Å². The number of hydrogen-bond donors (Lipinski definition) is 2. The Kier molecular flexibility index (Phi) is 3.49. The first-order valence-electron chi connectivity index (χ1n) is 8.53. The van der Waals surface area contributed by atoms with Crippen molar-refractivity contribution < 1.29 is 9.53 Å². The predicted molar refractivity (Wildman–Crippen MR) is 97.8 cm³/mol. The van der Waals surface area contributed by atoms with E-state index in [0.29, 0.717) is 18.0 Å². The van der Waals surface area contributed by atoms with Crippen molar-refractivity contribution in [2.45, 2.75) is 19.5 Å². The number of hydrogen-bond acceptors (Lipinski definition) is 6. The summed E-state index contributed by atoms with van der Waals surface area (Å²) < 4.78 is 7.89. The van der Waals surface area contributed by atoms with E-state index < -0.39 is 0 Å². The maximum Gasteiger partial charge on any atom is 0.264 e. The van der Waals surface area contributed by atoms with Gasteiger partial charge in [0.15, 0.2) is 5.75 Å². The summed E-state index contributed by atoms with van der Waals surface area (Å²) in [6, 6.07) is 1.96. The molecular formula is C17H18N6O2S. The maximum atomic E-state index is 12.9. The Labute approximate surface area is 153 Å². The lowest BCUT2D eigenvalue weighted by Gasteiger charge is -2.31. The number of aromatic nitrogens is 4. The number of ether oxygens (including phenoxy) is 1. The first kappa shape index (κ1) is 15.4. The van der Waals surface area contributed by atoms with Crippen LogP contribution < -0.4 is 15.0 Å². The predicted octanol–water partition coefficient (Wildman–Crippen LogP) is 1.65. The van der Waals surface area contributed by atoms with Gasteiger partial charge in [-0.1, -0.05) is 0 Å². The summed E-state index contributed by atoms with van der Waals surface area (Å²) in [5, 5.41) is 14.4. The van der Waals surface area contributed by atoms with Crippen molar-refractivity contribution in [2.24, 2.45) is 0 Å². The molecule has 1 atom stereocenters. The van der Waals surface area contributed by atoms with Gasteiger partial charge in [0.1, 0.15) is 17.2 Å². The van der Waals surface area contributed by atoms with Crippen molar-refractivity contribution in [3.8, 4) is 16.2 Å². The van der Waals surface area contributed by atoms with Gasteiger partial charge in [-0.25, -0.2) is 0 Å². The SMILES string of the molecule is Cc1ccnn1C[C@H]1CN2CCOc3c(-c4cn[nH]c4)sc(c32)C(=O)N1. The van der Waals surface area contributed by atoms with Crippen LogP contribution in [0.1, 0.15) is 15.4 Å². The van der Waals surface area contributed by atoms with Crippen LogP contribution in [0, 0.1) is 6.92 Å². The Morgan fingerprint density at radius 2 is 2.35 bits per heavy atom. The maximum absolute atomic E-state index is 12.9. The van der Waals surface area contributed by atoms with Crippen LogP contribution in [-0.2, 0) is 6.54 Å². The number of aromatic amines is 1. The Bertz CT molecular complexity index is 960. The second-order valence-electron chi connectivity index (χ2n) is 6.54. The summed E-state index contributed by atoms with van der Waals surface area (Å²) in [5.74, 6) is 0.743. The Morgan fingerprint density at radius 3 is 3.12 bits per heavy atom. The first-order chi connectivity index (χ1) is 12.7. The number of rotatable bonds is 3. The van der Waals surface area contributed by atoms with Crippen LogP contribution in [0.5, 0.6) is 5.75 Å². The number of amides is 1. The van der Waals surface area contributed by atoms with Gasteiger partial charge in [0.25, 0.3) is 5.91 Å². The number of carbonyl (C=O) groups excluding carboxylic acids is 1. The molecule has 0 saturated heterocycles. The van der Waals surface area contributed by atoms with Gasteiger partial charge in [-0.15, -0.1) is 11.3 Å². The summed E-state index contributed by atoms with van der Waals surface area (Å²) in [6.45, 7) is 4.78. The average molecular weight is 370 g/mol. The average Bonchev–Trinajstić information content (AvgIpc) is 3.33. The van der Waals surface area contributed by atoms with Crippen LogP contribution in [0.4, 0.5) is 5.69 Å². The van der Waals surface area contributed by atoms with E-state index in [4.69, 9.17) is 4.74 Å². The van der Waals surface area contributed by atoms with E-state index in [1.54, 1.807) is 12.4 Å². The molecule has 0 fully saturated rings. The zero-order valence-corrected chi connectivity index (χ0v) is 15.0. The van der Waals surface area contributed by atoms with E-state index in [-0.39, 0.29) is 11.9 Å². The van der Waals surface area contributed by atoms with E-state index in [9.17, 15) is 4.79 Å². The number of carbonyl (C=O) groups is 1. The second kappa shape index (κ2) is 5.87. The van der Waals surface area contributed by atoms with Crippen LogP contribution in [-0.4, -0.2) is 51.6 Å². The molecule has 3 aromatic heterocycles. The molecule has 5 rings (SSSR count). The molecule has 134 valence electrons. The van der Waals surface area contributed by atoms with Crippen molar-refractivity contribution in [3.63, 3.8) is 0 Å². The standard InChI is InChI=1S/C17H18N6O2S/c1-10-2-3-20-23(10)9-12-8-22-4-5-25-14-13(22)16(17(24)21-12)26-15(14)11-6-18-19-7-11/h2-3,6-7,12H,4-5,8-9H2,1H3,(H,18,19)(H,21,24)/t12-/m1/s1. The number of nitrogens with zero attached hydrogens (tertiary/aromatic N) is 4. The molecule has 2 aliphatic rings. The molecule has 0 aromatic carbocycles. The molecule has 1 amide bonds. The highest BCUT2D eigenvalue weighted by Crippen LogP contribution is 2.50. The van der Waals surface area contributed by atoms with E-state index in [1.807, 2.05) is 23.9 Å². The lowest BCUT2D eigenvalue weighted by atomic mass is 10.2. The summed E-state index contributed by atoms with van der Waals surface area (Å²) in [5.41, 5.74) is 2.94. The van der Waals surface area contributed by atoms with Gasteiger partial charge in [-0.2, -0.15) is 10.2 Å². The van der Waals surface area contributed by atoms with Crippen LogP contribution in [0.15, 0.2) is 24.7 Å². The molecule has 0 radical (unpaired) electrons. The first-order valence-corrected chi connectivity index (χ1v) is 9.35. The normalized spacial score (nSPS) is 18.9. The summed E-state index contributed by atoms with van der Waals surface area (Å²) in [6.07, 6.45) is 5.37. The Hall–Kier alpha value is -2.81. The molecule has 9 heteroatoms. The third-order valence-corrected chi connectivity index (χ3v) is 6.04. The summed E-state index contributed by atoms with van der Waals surface area (Å²) >= 11 is 1.46. The van der Waals surface area contributed by atoms with E-state index in [2.05, 4.69) is 25.5 Å².